The molecule has 3 rings (SSSR count). The van der Waals surface area contributed by atoms with Crippen molar-refractivity contribution in [2.75, 3.05) is 6.54 Å². The van der Waals surface area contributed by atoms with Crippen LogP contribution >= 0.6 is 22.9 Å². The Morgan fingerprint density at radius 2 is 2.11 bits per heavy atom. The van der Waals surface area contributed by atoms with E-state index in [-0.39, 0.29) is 0 Å². The molecule has 1 aromatic carbocycles. The van der Waals surface area contributed by atoms with Gasteiger partial charge in [-0.3, -0.25) is 4.90 Å². The van der Waals surface area contributed by atoms with Crippen LogP contribution in [-0.2, 0) is 19.5 Å². The Hall–Kier alpha value is -0.900. The highest BCUT2D eigenvalue weighted by molar-refractivity contribution is 7.15. The first-order valence-corrected chi connectivity index (χ1v) is 7.40. The largest absolute Gasteiger partial charge is 0.294 e. The fourth-order valence-electron chi connectivity index (χ4n) is 2.48. The fourth-order valence-corrected chi connectivity index (χ4v) is 3.50. The zero-order valence-electron chi connectivity index (χ0n) is 10.1. The molecule has 0 N–H and O–H groups in total. The van der Waals surface area contributed by atoms with Crippen LogP contribution in [0.5, 0.6) is 0 Å². The molecule has 0 spiro atoms. The average molecular weight is 279 g/mol. The van der Waals surface area contributed by atoms with Crippen molar-refractivity contribution in [3.05, 3.63) is 50.9 Å². The van der Waals surface area contributed by atoms with Crippen molar-refractivity contribution >= 4 is 22.9 Å². The van der Waals surface area contributed by atoms with E-state index in [9.17, 15) is 0 Å². The number of nitrogens with zero attached hydrogens (tertiary/aromatic N) is 2. The highest BCUT2D eigenvalue weighted by Crippen LogP contribution is 2.23. The monoisotopic (exact) mass is 278 g/mol. The third-order valence-electron chi connectivity index (χ3n) is 3.34. The second-order valence-corrected chi connectivity index (χ2v) is 6.36. The van der Waals surface area contributed by atoms with Crippen LogP contribution in [0.1, 0.15) is 22.4 Å². The van der Waals surface area contributed by atoms with Crippen molar-refractivity contribution in [2.45, 2.75) is 25.9 Å². The van der Waals surface area contributed by atoms with Crippen LogP contribution in [0, 0.1) is 0 Å². The summed E-state index contributed by atoms with van der Waals surface area (Å²) in [6.07, 6.45) is 4.31. The summed E-state index contributed by atoms with van der Waals surface area (Å²) in [5.41, 5.74) is 2.97. The van der Waals surface area contributed by atoms with E-state index in [1.807, 2.05) is 6.20 Å². The van der Waals surface area contributed by atoms with Gasteiger partial charge in [0.25, 0.3) is 0 Å². The first-order chi connectivity index (χ1) is 8.81. The van der Waals surface area contributed by atoms with Crippen LogP contribution in [0.25, 0.3) is 0 Å². The normalized spacial score (nSPS) is 16.3. The maximum atomic E-state index is 5.88. The SMILES string of the molecule is Clc1ncc(CN2CCCc3ccccc3C2)s1. The summed E-state index contributed by atoms with van der Waals surface area (Å²) < 4.78 is 0.639. The molecule has 0 aliphatic carbocycles. The maximum Gasteiger partial charge on any atom is 0.183 e. The standard InChI is InChI=1S/C14H15ClN2S/c15-14-16-8-13(18-14)10-17-7-3-6-11-4-1-2-5-12(11)9-17/h1-2,4-5,8H,3,6-7,9-10H2. The van der Waals surface area contributed by atoms with Gasteiger partial charge in [-0.2, -0.15) is 0 Å². The van der Waals surface area contributed by atoms with Gasteiger partial charge >= 0.3 is 0 Å². The summed E-state index contributed by atoms with van der Waals surface area (Å²) in [7, 11) is 0. The van der Waals surface area contributed by atoms with E-state index >= 15 is 0 Å². The summed E-state index contributed by atoms with van der Waals surface area (Å²) in [5, 5.41) is 0. The third-order valence-corrected chi connectivity index (χ3v) is 4.44. The van der Waals surface area contributed by atoms with Gasteiger partial charge in [-0.15, -0.1) is 11.3 Å². The van der Waals surface area contributed by atoms with Gasteiger partial charge < -0.3 is 0 Å². The number of aromatic nitrogens is 1. The van der Waals surface area contributed by atoms with Crippen molar-refractivity contribution in [1.29, 1.82) is 0 Å². The third kappa shape index (κ3) is 2.74. The van der Waals surface area contributed by atoms with Crippen molar-refractivity contribution in [3.8, 4) is 0 Å². The Balaban J connectivity index is 1.75. The number of aryl methyl sites for hydroxylation is 1. The van der Waals surface area contributed by atoms with Crippen LogP contribution in [0.15, 0.2) is 30.5 Å². The van der Waals surface area contributed by atoms with Gasteiger partial charge in [-0.1, -0.05) is 35.9 Å². The molecule has 4 heteroatoms. The Bertz CT molecular complexity index is 538. The minimum absolute atomic E-state index is 0.639. The molecule has 0 unspecified atom stereocenters. The lowest BCUT2D eigenvalue weighted by molar-refractivity contribution is 0.263. The van der Waals surface area contributed by atoms with Crippen LogP contribution in [-0.4, -0.2) is 16.4 Å². The first-order valence-electron chi connectivity index (χ1n) is 6.20. The highest BCUT2D eigenvalue weighted by atomic mass is 35.5. The predicted molar refractivity (Wildman–Crippen MR) is 76.0 cm³/mol. The average Bonchev–Trinajstić information content (AvgIpc) is 2.66. The summed E-state index contributed by atoms with van der Waals surface area (Å²) in [6.45, 7) is 3.13. The molecule has 0 bridgehead atoms. The Morgan fingerprint density at radius 1 is 1.28 bits per heavy atom. The van der Waals surface area contributed by atoms with Crippen molar-refractivity contribution in [2.24, 2.45) is 0 Å². The lowest BCUT2D eigenvalue weighted by Crippen LogP contribution is -2.22. The molecular formula is C14H15ClN2S. The zero-order valence-corrected chi connectivity index (χ0v) is 11.7. The van der Waals surface area contributed by atoms with Gasteiger partial charge in [0.05, 0.1) is 0 Å². The Morgan fingerprint density at radius 3 is 2.89 bits per heavy atom. The molecular weight excluding hydrogens is 264 g/mol. The summed E-state index contributed by atoms with van der Waals surface area (Å²) in [5.74, 6) is 0. The number of hydrogen-bond acceptors (Lipinski definition) is 3. The molecule has 1 aliphatic heterocycles. The van der Waals surface area contributed by atoms with Crippen molar-refractivity contribution < 1.29 is 0 Å². The lowest BCUT2D eigenvalue weighted by atomic mass is 10.0. The number of hydrogen-bond donors (Lipinski definition) is 0. The van der Waals surface area contributed by atoms with Crippen LogP contribution in [0.3, 0.4) is 0 Å². The van der Waals surface area contributed by atoms with Gasteiger partial charge in [0, 0.05) is 24.2 Å². The molecule has 1 aliphatic rings. The minimum Gasteiger partial charge on any atom is -0.294 e. The van der Waals surface area contributed by atoms with E-state index in [0.29, 0.717) is 4.47 Å². The summed E-state index contributed by atoms with van der Waals surface area (Å²) in [4.78, 5) is 7.84. The van der Waals surface area contributed by atoms with E-state index in [1.165, 1.54) is 28.8 Å². The van der Waals surface area contributed by atoms with E-state index in [1.54, 1.807) is 11.3 Å². The Kier molecular flexibility index (Phi) is 3.64. The van der Waals surface area contributed by atoms with Gasteiger partial charge in [0.2, 0.25) is 0 Å². The summed E-state index contributed by atoms with van der Waals surface area (Å²) in [6, 6.07) is 8.76. The highest BCUT2D eigenvalue weighted by Gasteiger charge is 2.14. The van der Waals surface area contributed by atoms with Gasteiger partial charge in [-0.25, -0.2) is 4.98 Å². The number of benzene rings is 1. The number of rotatable bonds is 2. The Labute approximate surface area is 116 Å². The smallest absolute Gasteiger partial charge is 0.183 e. The number of halogens is 1. The van der Waals surface area contributed by atoms with Crippen molar-refractivity contribution in [1.82, 2.24) is 9.88 Å². The maximum absolute atomic E-state index is 5.88. The number of thiazole rings is 1. The molecule has 0 saturated carbocycles. The summed E-state index contributed by atoms with van der Waals surface area (Å²) >= 11 is 7.46. The van der Waals surface area contributed by atoms with E-state index in [0.717, 1.165) is 19.6 Å². The molecule has 1 aromatic heterocycles. The molecule has 0 amide bonds. The fraction of sp³-hybridized carbons (Fsp3) is 0.357. The first kappa shape index (κ1) is 12.2. The van der Waals surface area contributed by atoms with E-state index < -0.39 is 0 Å². The van der Waals surface area contributed by atoms with Crippen LogP contribution in [0.2, 0.25) is 4.47 Å². The lowest BCUT2D eigenvalue weighted by Gasteiger charge is -2.19. The molecule has 0 atom stereocenters. The molecule has 2 aromatic rings. The molecule has 0 saturated heterocycles. The van der Waals surface area contributed by atoms with Crippen LogP contribution < -0.4 is 0 Å². The number of fused-ring (bicyclic) bond motifs is 1. The van der Waals surface area contributed by atoms with Crippen LogP contribution in [0.4, 0.5) is 0 Å². The zero-order chi connectivity index (χ0) is 12.4. The van der Waals surface area contributed by atoms with Gasteiger partial charge in [0.15, 0.2) is 4.47 Å². The van der Waals surface area contributed by atoms with E-state index in [2.05, 4.69) is 34.1 Å². The second kappa shape index (κ2) is 5.39. The molecule has 94 valence electrons. The second-order valence-electron chi connectivity index (χ2n) is 4.66. The molecule has 0 radical (unpaired) electrons. The minimum atomic E-state index is 0.639. The molecule has 0 fully saturated rings. The quantitative estimate of drug-likeness (QED) is 0.832. The predicted octanol–water partition coefficient (Wildman–Crippen LogP) is 3.74. The topological polar surface area (TPSA) is 16.1 Å². The molecule has 18 heavy (non-hydrogen) atoms. The van der Waals surface area contributed by atoms with E-state index in [4.69, 9.17) is 11.6 Å². The molecule has 2 heterocycles. The van der Waals surface area contributed by atoms with Crippen molar-refractivity contribution in [3.63, 3.8) is 0 Å². The van der Waals surface area contributed by atoms with Gasteiger partial charge in [-0.05, 0) is 30.5 Å². The molecule has 2 nitrogen and oxygen atoms in total. The van der Waals surface area contributed by atoms with Gasteiger partial charge in [0.1, 0.15) is 0 Å².